The molecule has 1 aromatic heterocycles. The van der Waals surface area contributed by atoms with Gasteiger partial charge in [-0.2, -0.15) is 5.10 Å². The Labute approximate surface area is 125 Å². The normalized spacial score (nSPS) is 11.3. The largest absolute Gasteiger partial charge is 0.507 e. The van der Waals surface area contributed by atoms with Crippen LogP contribution in [0.15, 0.2) is 44.6 Å². The van der Waals surface area contributed by atoms with Crippen LogP contribution in [-0.2, 0) is 0 Å². The number of hydrogen-bond acceptors (Lipinski definition) is 6. The molecule has 0 aliphatic heterocycles. The standard InChI is InChI=1S/C15H14N2O5/c1-8-7-12(19)13(15(21)22-8)9(2)16-17-14(20)10-5-3-4-6-11(10)18/h3-7,18-19H,1-2H3,(H,17,20)/b16-9-. The van der Waals surface area contributed by atoms with Crippen molar-refractivity contribution in [2.75, 3.05) is 0 Å². The van der Waals surface area contributed by atoms with Crippen molar-refractivity contribution in [3.8, 4) is 11.5 Å². The Morgan fingerprint density at radius 2 is 1.91 bits per heavy atom. The third kappa shape index (κ3) is 3.14. The maximum absolute atomic E-state index is 11.9. The summed E-state index contributed by atoms with van der Waals surface area (Å²) in [4.78, 5) is 23.6. The molecule has 1 heterocycles. The van der Waals surface area contributed by atoms with E-state index >= 15 is 0 Å². The summed E-state index contributed by atoms with van der Waals surface area (Å²) in [5, 5.41) is 23.1. The fourth-order valence-electron chi connectivity index (χ4n) is 1.85. The first-order valence-corrected chi connectivity index (χ1v) is 6.37. The zero-order valence-corrected chi connectivity index (χ0v) is 12.0. The van der Waals surface area contributed by atoms with Gasteiger partial charge in [-0.05, 0) is 26.0 Å². The molecule has 2 aromatic rings. The Morgan fingerprint density at radius 3 is 2.55 bits per heavy atom. The highest BCUT2D eigenvalue weighted by atomic mass is 16.4. The van der Waals surface area contributed by atoms with Gasteiger partial charge in [-0.25, -0.2) is 10.2 Å². The van der Waals surface area contributed by atoms with Crippen LogP contribution in [0.1, 0.15) is 28.6 Å². The van der Waals surface area contributed by atoms with E-state index in [1.807, 2.05) is 0 Å². The highest BCUT2D eigenvalue weighted by Gasteiger charge is 2.14. The van der Waals surface area contributed by atoms with Crippen LogP contribution in [0.5, 0.6) is 11.5 Å². The molecule has 7 nitrogen and oxygen atoms in total. The minimum Gasteiger partial charge on any atom is -0.507 e. The van der Waals surface area contributed by atoms with Crippen molar-refractivity contribution in [3.63, 3.8) is 0 Å². The molecule has 7 heteroatoms. The number of hydrogen-bond donors (Lipinski definition) is 3. The molecule has 3 N–H and O–H groups in total. The number of amides is 1. The summed E-state index contributed by atoms with van der Waals surface area (Å²) < 4.78 is 4.87. The van der Waals surface area contributed by atoms with Crippen LogP contribution in [0.4, 0.5) is 0 Å². The molecule has 0 fully saturated rings. The van der Waals surface area contributed by atoms with Crippen LogP contribution in [0.2, 0.25) is 0 Å². The Balaban J connectivity index is 2.26. The van der Waals surface area contributed by atoms with Crippen LogP contribution in [0, 0.1) is 6.92 Å². The molecule has 1 amide bonds. The van der Waals surface area contributed by atoms with Crippen LogP contribution >= 0.6 is 0 Å². The molecular weight excluding hydrogens is 288 g/mol. The number of nitrogens with zero attached hydrogens (tertiary/aromatic N) is 1. The summed E-state index contributed by atoms with van der Waals surface area (Å²) in [5.41, 5.74) is 1.43. The van der Waals surface area contributed by atoms with Gasteiger partial charge in [-0.15, -0.1) is 0 Å². The molecule has 114 valence electrons. The van der Waals surface area contributed by atoms with Gasteiger partial charge in [0, 0.05) is 6.07 Å². The summed E-state index contributed by atoms with van der Waals surface area (Å²) in [6, 6.07) is 7.24. The lowest BCUT2D eigenvalue weighted by molar-refractivity contribution is 0.0952. The van der Waals surface area contributed by atoms with E-state index in [4.69, 9.17) is 4.42 Å². The van der Waals surface area contributed by atoms with Crippen LogP contribution < -0.4 is 11.1 Å². The zero-order chi connectivity index (χ0) is 16.3. The van der Waals surface area contributed by atoms with Gasteiger partial charge in [-0.1, -0.05) is 12.1 Å². The first-order chi connectivity index (χ1) is 10.4. The van der Waals surface area contributed by atoms with Crippen LogP contribution in [0.3, 0.4) is 0 Å². The lowest BCUT2D eigenvalue weighted by Crippen LogP contribution is -2.21. The topological polar surface area (TPSA) is 112 Å². The number of rotatable bonds is 3. The van der Waals surface area contributed by atoms with E-state index in [1.54, 1.807) is 12.1 Å². The summed E-state index contributed by atoms with van der Waals surface area (Å²) in [5.74, 6) is -0.858. The van der Waals surface area contributed by atoms with Crippen LogP contribution in [-0.4, -0.2) is 21.8 Å². The van der Waals surface area contributed by atoms with E-state index in [1.165, 1.54) is 32.0 Å². The zero-order valence-electron chi connectivity index (χ0n) is 12.0. The van der Waals surface area contributed by atoms with Gasteiger partial charge >= 0.3 is 5.63 Å². The number of aryl methyl sites for hydroxylation is 1. The van der Waals surface area contributed by atoms with E-state index in [0.29, 0.717) is 0 Å². The predicted octanol–water partition coefficient (Wildman–Crippen LogP) is 1.51. The number of para-hydroxylation sites is 1. The summed E-state index contributed by atoms with van der Waals surface area (Å²) >= 11 is 0. The second-order valence-electron chi connectivity index (χ2n) is 4.56. The predicted molar refractivity (Wildman–Crippen MR) is 79.2 cm³/mol. The number of nitrogens with one attached hydrogen (secondary N) is 1. The lowest BCUT2D eigenvalue weighted by Gasteiger charge is -2.05. The number of carbonyl (C=O) groups excluding carboxylic acids is 1. The molecule has 0 radical (unpaired) electrons. The van der Waals surface area contributed by atoms with Gasteiger partial charge in [0.2, 0.25) is 0 Å². The minimum absolute atomic E-state index is 0.0409. The highest BCUT2D eigenvalue weighted by molar-refractivity contribution is 6.02. The van der Waals surface area contributed by atoms with Crippen LogP contribution in [0.25, 0.3) is 0 Å². The van der Waals surface area contributed by atoms with E-state index in [-0.39, 0.29) is 34.1 Å². The van der Waals surface area contributed by atoms with Crippen molar-refractivity contribution >= 4 is 11.6 Å². The molecule has 0 unspecified atom stereocenters. The number of carbonyl (C=O) groups is 1. The van der Waals surface area contributed by atoms with E-state index in [9.17, 15) is 19.8 Å². The van der Waals surface area contributed by atoms with Gasteiger partial charge in [0.05, 0.1) is 11.3 Å². The van der Waals surface area contributed by atoms with Gasteiger partial charge in [0.25, 0.3) is 5.91 Å². The third-order valence-electron chi connectivity index (χ3n) is 2.89. The molecule has 0 atom stereocenters. The smallest absolute Gasteiger partial charge is 0.348 e. The number of phenolic OH excluding ortho intramolecular Hbond substituents is 1. The average molecular weight is 302 g/mol. The van der Waals surface area contributed by atoms with E-state index in [0.717, 1.165) is 0 Å². The highest BCUT2D eigenvalue weighted by Crippen LogP contribution is 2.16. The molecular formula is C15H14N2O5. The monoisotopic (exact) mass is 302 g/mol. The molecule has 0 saturated carbocycles. The number of aromatic hydroxyl groups is 2. The fourth-order valence-corrected chi connectivity index (χ4v) is 1.85. The molecule has 22 heavy (non-hydrogen) atoms. The number of benzene rings is 1. The van der Waals surface area contributed by atoms with Gasteiger partial charge < -0.3 is 14.6 Å². The van der Waals surface area contributed by atoms with Crippen molar-refractivity contribution in [1.29, 1.82) is 0 Å². The second kappa shape index (κ2) is 6.13. The molecule has 0 bridgehead atoms. The summed E-state index contributed by atoms with van der Waals surface area (Å²) in [6.45, 7) is 2.96. The van der Waals surface area contributed by atoms with Crippen molar-refractivity contribution in [2.24, 2.45) is 5.10 Å². The van der Waals surface area contributed by atoms with Crippen molar-refractivity contribution < 1.29 is 19.4 Å². The second-order valence-corrected chi connectivity index (χ2v) is 4.56. The lowest BCUT2D eigenvalue weighted by atomic mass is 10.2. The SMILES string of the molecule is C/C(=N/NC(=O)c1ccccc1O)c1c(O)cc(C)oc1=O. The Kier molecular flexibility index (Phi) is 4.26. The van der Waals surface area contributed by atoms with Crippen molar-refractivity contribution in [2.45, 2.75) is 13.8 Å². The van der Waals surface area contributed by atoms with Gasteiger partial charge in [-0.3, -0.25) is 4.79 Å². The van der Waals surface area contributed by atoms with Crippen molar-refractivity contribution in [1.82, 2.24) is 5.43 Å². The molecule has 1 aromatic carbocycles. The Morgan fingerprint density at radius 1 is 1.23 bits per heavy atom. The van der Waals surface area contributed by atoms with E-state index in [2.05, 4.69) is 10.5 Å². The maximum Gasteiger partial charge on any atom is 0.348 e. The van der Waals surface area contributed by atoms with Crippen molar-refractivity contribution in [3.05, 3.63) is 57.6 Å². The molecule has 0 saturated heterocycles. The molecule has 0 aliphatic rings. The first-order valence-electron chi connectivity index (χ1n) is 6.37. The quantitative estimate of drug-likeness (QED) is 0.587. The third-order valence-corrected chi connectivity index (χ3v) is 2.89. The Hall–Kier alpha value is -3.09. The number of hydrazone groups is 1. The summed E-state index contributed by atoms with van der Waals surface area (Å²) in [7, 11) is 0. The number of phenols is 1. The van der Waals surface area contributed by atoms with Gasteiger partial charge in [0.15, 0.2) is 0 Å². The summed E-state index contributed by atoms with van der Waals surface area (Å²) in [6.07, 6.45) is 0. The minimum atomic E-state index is -0.754. The molecule has 0 aliphatic carbocycles. The molecule has 2 rings (SSSR count). The van der Waals surface area contributed by atoms with Gasteiger partial charge in [0.1, 0.15) is 22.8 Å². The van der Waals surface area contributed by atoms with E-state index < -0.39 is 11.5 Å². The average Bonchev–Trinajstić information content (AvgIpc) is 2.44. The fraction of sp³-hybridized carbons (Fsp3) is 0.133. The Bertz CT molecular complexity index is 808. The maximum atomic E-state index is 11.9. The first kappa shape index (κ1) is 15.3. The molecule has 0 spiro atoms.